The lowest BCUT2D eigenvalue weighted by Crippen LogP contribution is -1.92. The number of hydrogen-bond acceptors (Lipinski definition) is 3. The van der Waals surface area contributed by atoms with Crippen molar-refractivity contribution in [1.82, 2.24) is 9.78 Å². The first-order valence-corrected chi connectivity index (χ1v) is 5.02. The van der Waals surface area contributed by atoms with Gasteiger partial charge in [-0.3, -0.25) is 4.68 Å². The Hall–Kier alpha value is -1.23. The number of nitrogens with zero attached hydrogens (tertiary/aromatic N) is 2. The number of rotatable bonds is 1. The van der Waals surface area contributed by atoms with E-state index in [0.29, 0.717) is 0 Å². The highest BCUT2D eigenvalue weighted by atomic mass is 79.9. The fraction of sp³-hybridized carbons (Fsp3) is 0.222. The number of halogens is 1. The van der Waals surface area contributed by atoms with Crippen LogP contribution in [0, 0.1) is 0 Å². The fourth-order valence-corrected chi connectivity index (χ4v) is 2.02. The number of nitrogens with two attached hydrogens (primary N) is 1. The minimum atomic E-state index is 0.729. The third kappa shape index (κ3) is 1.24. The Morgan fingerprint density at radius 1 is 1.50 bits per heavy atom. The molecule has 0 fully saturated rings. The lowest BCUT2D eigenvalue weighted by atomic mass is 10.2. The van der Waals surface area contributed by atoms with Crippen LogP contribution in [0.4, 0.5) is 11.5 Å². The molecule has 0 bridgehead atoms. The van der Waals surface area contributed by atoms with E-state index >= 15 is 0 Å². The molecule has 1 aromatic heterocycles. The third-order valence-corrected chi connectivity index (χ3v) is 2.64. The van der Waals surface area contributed by atoms with Crippen LogP contribution in [-0.2, 0) is 7.05 Å². The van der Waals surface area contributed by atoms with E-state index in [1.807, 2.05) is 30.9 Å². The van der Waals surface area contributed by atoms with Crippen LogP contribution >= 0.6 is 15.9 Å². The van der Waals surface area contributed by atoms with Crippen molar-refractivity contribution < 1.29 is 0 Å². The molecule has 0 saturated carbocycles. The minimum absolute atomic E-state index is 0.729. The number of benzene rings is 1. The molecule has 0 atom stereocenters. The van der Waals surface area contributed by atoms with Crippen LogP contribution < -0.4 is 11.1 Å². The van der Waals surface area contributed by atoms with E-state index in [2.05, 4.69) is 26.3 Å². The van der Waals surface area contributed by atoms with Crippen LogP contribution in [0.25, 0.3) is 10.9 Å². The van der Waals surface area contributed by atoms with Crippen LogP contribution in [0.1, 0.15) is 0 Å². The normalized spacial score (nSPS) is 10.8. The monoisotopic (exact) mass is 254 g/mol. The number of nitrogen functional groups attached to an aromatic ring is 1. The van der Waals surface area contributed by atoms with Crippen LogP contribution in [0.15, 0.2) is 16.6 Å². The van der Waals surface area contributed by atoms with E-state index in [9.17, 15) is 0 Å². The van der Waals surface area contributed by atoms with Gasteiger partial charge >= 0.3 is 0 Å². The molecule has 0 spiro atoms. The Morgan fingerprint density at radius 3 is 2.86 bits per heavy atom. The van der Waals surface area contributed by atoms with Crippen LogP contribution in [0.3, 0.4) is 0 Å². The Balaban J connectivity index is 2.89. The zero-order valence-electron chi connectivity index (χ0n) is 8.00. The van der Waals surface area contributed by atoms with Crippen molar-refractivity contribution in [2.45, 2.75) is 0 Å². The summed E-state index contributed by atoms with van der Waals surface area (Å²) < 4.78 is 2.77. The summed E-state index contributed by atoms with van der Waals surface area (Å²) in [4.78, 5) is 0. The second-order valence-corrected chi connectivity index (χ2v) is 4.03. The first kappa shape index (κ1) is 9.33. The van der Waals surface area contributed by atoms with E-state index < -0.39 is 0 Å². The van der Waals surface area contributed by atoms with Gasteiger partial charge in [0.1, 0.15) is 0 Å². The second kappa shape index (κ2) is 3.16. The summed E-state index contributed by atoms with van der Waals surface area (Å²) in [5.74, 6) is 0.812. The van der Waals surface area contributed by atoms with Gasteiger partial charge in [0.2, 0.25) is 0 Å². The molecular formula is C9H11BrN4. The summed E-state index contributed by atoms with van der Waals surface area (Å²) in [6, 6.07) is 3.88. The zero-order valence-corrected chi connectivity index (χ0v) is 9.59. The quantitative estimate of drug-likeness (QED) is 0.766. The average Bonchev–Trinajstić information content (AvgIpc) is 2.43. The molecule has 74 valence electrons. The highest BCUT2D eigenvalue weighted by Gasteiger charge is 2.10. The molecule has 3 N–H and O–H groups in total. The van der Waals surface area contributed by atoms with E-state index in [1.54, 1.807) is 0 Å². The van der Waals surface area contributed by atoms with E-state index in [-0.39, 0.29) is 0 Å². The van der Waals surface area contributed by atoms with Gasteiger partial charge < -0.3 is 11.1 Å². The predicted molar refractivity (Wildman–Crippen MR) is 62.4 cm³/mol. The van der Waals surface area contributed by atoms with Crippen molar-refractivity contribution in [2.24, 2.45) is 7.05 Å². The van der Waals surface area contributed by atoms with Crippen molar-refractivity contribution in [3.05, 3.63) is 16.6 Å². The first-order chi connectivity index (χ1) is 6.63. The topological polar surface area (TPSA) is 55.9 Å². The van der Waals surface area contributed by atoms with Gasteiger partial charge in [-0.1, -0.05) is 15.9 Å². The number of nitrogens with one attached hydrogen (secondary N) is 1. The fourth-order valence-electron chi connectivity index (χ4n) is 1.56. The average molecular weight is 255 g/mol. The molecule has 0 aliphatic rings. The minimum Gasteiger partial charge on any atom is -0.398 e. The van der Waals surface area contributed by atoms with Crippen molar-refractivity contribution >= 4 is 38.3 Å². The highest BCUT2D eigenvalue weighted by Crippen LogP contribution is 2.30. The molecule has 2 aromatic rings. The Labute approximate surface area is 90.2 Å². The molecule has 2 rings (SSSR count). The molecular weight excluding hydrogens is 244 g/mol. The maximum Gasteiger partial charge on any atom is 0.157 e. The van der Waals surface area contributed by atoms with Crippen molar-refractivity contribution in [1.29, 1.82) is 0 Å². The maximum atomic E-state index is 5.92. The highest BCUT2D eigenvalue weighted by molar-refractivity contribution is 9.10. The largest absolute Gasteiger partial charge is 0.398 e. The summed E-state index contributed by atoms with van der Waals surface area (Å²) in [6.45, 7) is 0. The van der Waals surface area contributed by atoms with Gasteiger partial charge in [0.05, 0.1) is 10.9 Å². The van der Waals surface area contributed by atoms with Gasteiger partial charge in [-0.2, -0.15) is 5.10 Å². The molecule has 1 heterocycles. The Kier molecular flexibility index (Phi) is 2.11. The lowest BCUT2D eigenvalue weighted by molar-refractivity contribution is 0.800. The molecule has 0 unspecified atom stereocenters. The summed E-state index contributed by atoms with van der Waals surface area (Å²) in [6.07, 6.45) is 0. The Morgan fingerprint density at radius 2 is 2.21 bits per heavy atom. The molecule has 14 heavy (non-hydrogen) atoms. The van der Waals surface area contributed by atoms with E-state index in [0.717, 1.165) is 26.9 Å². The summed E-state index contributed by atoms with van der Waals surface area (Å²) >= 11 is 3.41. The molecule has 5 heteroatoms. The number of aromatic nitrogens is 2. The maximum absolute atomic E-state index is 5.92. The molecule has 4 nitrogen and oxygen atoms in total. The molecule has 0 aliphatic heterocycles. The van der Waals surface area contributed by atoms with Crippen LogP contribution in [0.5, 0.6) is 0 Å². The number of anilines is 2. The lowest BCUT2D eigenvalue weighted by Gasteiger charge is -2.00. The van der Waals surface area contributed by atoms with Crippen LogP contribution in [0.2, 0.25) is 0 Å². The molecule has 0 radical (unpaired) electrons. The van der Waals surface area contributed by atoms with Crippen molar-refractivity contribution in [3.63, 3.8) is 0 Å². The third-order valence-electron chi connectivity index (χ3n) is 2.19. The van der Waals surface area contributed by atoms with Gasteiger partial charge in [-0.25, -0.2) is 0 Å². The van der Waals surface area contributed by atoms with E-state index in [1.165, 1.54) is 0 Å². The van der Waals surface area contributed by atoms with Crippen molar-refractivity contribution in [2.75, 3.05) is 18.1 Å². The summed E-state index contributed by atoms with van der Waals surface area (Å²) in [7, 11) is 3.73. The Bertz CT molecular complexity index is 489. The standard InChI is InChI=1S/C9H11BrN4/c1-12-9-8-6(11)3-5(10)4-7(8)14(2)13-9/h3-4H,11H2,1-2H3,(H,12,13). The van der Waals surface area contributed by atoms with Gasteiger partial charge in [-0.05, 0) is 12.1 Å². The zero-order chi connectivity index (χ0) is 10.3. The van der Waals surface area contributed by atoms with Crippen molar-refractivity contribution in [3.8, 4) is 0 Å². The predicted octanol–water partition coefficient (Wildman–Crippen LogP) is 1.96. The van der Waals surface area contributed by atoms with E-state index in [4.69, 9.17) is 5.73 Å². The molecule has 1 aromatic carbocycles. The number of fused-ring (bicyclic) bond motifs is 1. The van der Waals surface area contributed by atoms with Gasteiger partial charge in [0.25, 0.3) is 0 Å². The molecule has 0 amide bonds. The summed E-state index contributed by atoms with van der Waals surface area (Å²) in [5.41, 5.74) is 7.67. The second-order valence-electron chi connectivity index (χ2n) is 3.11. The van der Waals surface area contributed by atoms with Gasteiger partial charge in [0.15, 0.2) is 5.82 Å². The first-order valence-electron chi connectivity index (χ1n) is 4.23. The van der Waals surface area contributed by atoms with Gasteiger partial charge in [0, 0.05) is 24.3 Å². The smallest absolute Gasteiger partial charge is 0.157 e. The SMILES string of the molecule is CNc1nn(C)c2cc(Br)cc(N)c12. The van der Waals surface area contributed by atoms with Gasteiger partial charge in [-0.15, -0.1) is 0 Å². The summed E-state index contributed by atoms with van der Waals surface area (Å²) in [5, 5.41) is 8.31. The van der Waals surface area contributed by atoms with Crippen LogP contribution in [-0.4, -0.2) is 16.8 Å². The molecule has 0 saturated heterocycles. The molecule has 0 aliphatic carbocycles. The number of aryl methyl sites for hydroxylation is 1. The number of hydrogen-bond donors (Lipinski definition) is 2.